The maximum atomic E-state index is 12.8. The fourth-order valence-corrected chi connectivity index (χ4v) is 4.27. The summed E-state index contributed by atoms with van der Waals surface area (Å²) in [6.45, 7) is 10.5. The number of hydrogen-bond donors (Lipinski definition) is 0. The second-order valence-corrected chi connectivity index (χ2v) is 7.98. The average Bonchev–Trinajstić information content (AvgIpc) is 3.26. The minimum atomic E-state index is -0.390. The van der Waals surface area contributed by atoms with Crippen molar-refractivity contribution in [1.29, 1.82) is 0 Å². The van der Waals surface area contributed by atoms with E-state index in [0.717, 1.165) is 35.6 Å². The predicted octanol–water partition coefficient (Wildman–Crippen LogP) is 0.0773. The number of amides is 1. The van der Waals surface area contributed by atoms with Gasteiger partial charge in [0.15, 0.2) is 11.2 Å². The first-order valence-corrected chi connectivity index (χ1v) is 10.5. The SMILES string of the molecule is CCOC(=O)N1CCN(CCn2c(C)c(C)n3c4c(=O)n(C)c(=O)n(C)c4nc23)CC1. The topological polar surface area (TPSA) is 99.0 Å². The van der Waals surface area contributed by atoms with Crippen LogP contribution in [0.4, 0.5) is 4.79 Å². The van der Waals surface area contributed by atoms with Crippen LogP contribution in [0.5, 0.6) is 0 Å². The third-order valence-electron chi connectivity index (χ3n) is 6.28. The van der Waals surface area contributed by atoms with Gasteiger partial charge in [0.05, 0.1) is 6.61 Å². The van der Waals surface area contributed by atoms with Crippen molar-refractivity contribution in [1.82, 2.24) is 32.9 Å². The van der Waals surface area contributed by atoms with Crippen molar-refractivity contribution in [2.45, 2.75) is 27.3 Å². The summed E-state index contributed by atoms with van der Waals surface area (Å²) in [5, 5.41) is 0. The van der Waals surface area contributed by atoms with Gasteiger partial charge in [0, 0.05) is 64.8 Å². The van der Waals surface area contributed by atoms with Crippen molar-refractivity contribution in [3.63, 3.8) is 0 Å². The zero-order valence-electron chi connectivity index (χ0n) is 18.7. The third-order valence-corrected chi connectivity index (χ3v) is 6.28. The minimum Gasteiger partial charge on any atom is -0.450 e. The Morgan fingerprint density at radius 2 is 1.68 bits per heavy atom. The highest BCUT2D eigenvalue weighted by molar-refractivity contribution is 5.76. The Bertz CT molecular complexity index is 1270. The lowest BCUT2D eigenvalue weighted by Crippen LogP contribution is -2.49. The Labute approximate surface area is 179 Å². The van der Waals surface area contributed by atoms with Gasteiger partial charge in [0.25, 0.3) is 5.56 Å². The number of piperazine rings is 1. The lowest BCUT2D eigenvalue weighted by atomic mass is 10.3. The molecule has 0 N–H and O–H groups in total. The molecule has 4 heterocycles. The van der Waals surface area contributed by atoms with Gasteiger partial charge < -0.3 is 14.2 Å². The molecule has 3 aromatic heterocycles. The van der Waals surface area contributed by atoms with E-state index in [4.69, 9.17) is 4.74 Å². The molecule has 0 atom stereocenters. The molecule has 4 rings (SSSR count). The molecule has 3 aromatic rings. The van der Waals surface area contributed by atoms with E-state index in [2.05, 4.69) is 14.5 Å². The molecule has 1 aliphatic heterocycles. The number of rotatable bonds is 4. The molecule has 0 bridgehead atoms. The standard InChI is InChI=1S/C20H29N7O4/c1-6-31-20(30)25-10-7-24(8-11-25)9-12-26-13(2)14(3)27-15-16(21-18(26)27)22(4)19(29)23(5)17(15)28/h6-12H2,1-5H3. The maximum Gasteiger partial charge on any atom is 0.409 e. The predicted molar refractivity (Wildman–Crippen MR) is 116 cm³/mol. The lowest BCUT2D eigenvalue weighted by Gasteiger charge is -2.34. The van der Waals surface area contributed by atoms with Crippen LogP contribution >= 0.6 is 0 Å². The highest BCUT2D eigenvalue weighted by Crippen LogP contribution is 2.20. The molecule has 0 saturated carbocycles. The van der Waals surface area contributed by atoms with Gasteiger partial charge in [-0.05, 0) is 20.8 Å². The van der Waals surface area contributed by atoms with Crippen molar-refractivity contribution >= 4 is 23.0 Å². The Hall–Kier alpha value is -3.08. The molecule has 0 aliphatic carbocycles. The summed E-state index contributed by atoms with van der Waals surface area (Å²) in [7, 11) is 3.12. The lowest BCUT2D eigenvalue weighted by molar-refractivity contribution is 0.0788. The number of hydrogen-bond acceptors (Lipinski definition) is 6. The van der Waals surface area contributed by atoms with Crippen molar-refractivity contribution in [3.8, 4) is 0 Å². The van der Waals surface area contributed by atoms with Gasteiger partial charge in [-0.25, -0.2) is 9.59 Å². The normalized spacial score (nSPS) is 15.3. The summed E-state index contributed by atoms with van der Waals surface area (Å²) in [6, 6.07) is 0. The second kappa shape index (κ2) is 7.88. The van der Waals surface area contributed by atoms with E-state index in [9.17, 15) is 14.4 Å². The largest absolute Gasteiger partial charge is 0.450 e. The van der Waals surface area contributed by atoms with E-state index in [1.165, 1.54) is 11.6 Å². The molecular formula is C20H29N7O4. The van der Waals surface area contributed by atoms with E-state index < -0.39 is 5.69 Å². The van der Waals surface area contributed by atoms with Gasteiger partial charge >= 0.3 is 11.8 Å². The molecular weight excluding hydrogens is 402 g/mol. The molecule has 168 valence electrons. The van der Waals surface area contributed by atoms with E-state index in [0.29, 0.717) is 43.2 Å². The summed E-state index contributed by atoms with van der Waals surface area (Å²) in [5.74, 6) is 0.661. The first kappa shape index (κ1) is 21.2. The number of aromatic nitrogens is 5. The fraction of sp³-hybridized carbons (Fsp3) is 0.600. The first-order chi connectivity index (χ1) is 14.8. The van der Waals surface area contributed by atoms with Gasteiger partial charge in [-0.15, -0.1) is 0 Å². The van der Waals surface area contributed by atoms with Crippen molar-refractivity contribution in [3.05, 3.63) is 32.2 Å². The van der Waals surface area contributed by atoms with Crippen LogP contribution < -0.4 is 11.2 Å². The number of fused-ring (bicyclic) bond motifs is 3. The van der Waals surface area contributed by atoms with E-state index in [-0.39, 0.29) is 11.7 Å². The van der Waals surface area contributed by atoms with Crippen molar-refractivity contribution in [2.24, 2.45) is 14.1 Å². The van der Waals surface area contributed by atoms with E-state index in [1.807, 2.05) is 25.2 Å². The summed E-state index contributed by atoms with van der Waals surface area (Å²) >= 11 is 0. The van der Waals surface area contributed by atoms with E-state index >= 15 is 0 Å². The third kappa shape index (κ3) is 3.32. The van der Waals surface area contributed by atoms with Gasteiger partial charge in [-0.2, -0.15) is 4.98 Å². The van der Waals surface area contributed by atoms with Crippen molar-refractivity contribution < 1.29 is 9.53 Å². The summed E-state index contributed by atoms with van der Waals surface area (Å²) < 4.78 is 11.6. The molecule has 0 unspecified atom stereocenters. The molecule has 0 spiro atoms. The van der Waals surface area contributed by atoms with Crippen LogP contribution in [0.1, 0.15) is 18.3 Å². The Balaban J connectivity index is 1.61. The number of carbonyl (C=O) groups excluding carboxylic acids is 1. The smallest absolute Gasteiger partial charge is 0.409 e. The molecule has 11 heteroatoms. The molecule has 1 aliphatic rings. The zero-order chi connectivity index (χ0) is 22.4. The quantitative estimate of drug-likeness (QED) is 0.580. The first-order valence-electron chi connectivity index (χ1n) is 10.5. The average molecular weight is 431 g/mol. The molecule has 1 amide bonds. The van der Waals surface area contributed by atoms with Crippen LogP contribution in [0, 0.1) is 13.8 Å². The Morgan fingerprint density at radius 3 is 2.32 bits per heavy atom. The van der Waals surface area contributed by atoms with Crippen LogP contribution in [-0.4, -0.2) is 78.3 Å². The van der Waals surface area contributed by atoms with Gasteiger partial charge in [-0.1, -0.05) is 0 Å². The van der Waals surface area contributed by atoms with Gasteiger partial charge in [0.1, 0.15) is 0 Å². The number of aryl methyl sites for hydroxylation is 2. The Morgan fingerprint density at radius 1 is 1.00 bits per heavy atom. The second-order valence-electron chi connectivity index (χ2n) is 7.98. The fourth-order valence-electron chi connectivity index (χ4n) is 4.27. The zero-order valence-corrected chi connectivity index (χ0v) is 18.7. The highest BCUT2D eigenvalue weighted by atomic mass is 16.6. The van der Waals surface area contributed by atoms with Gasteiger partial charge in [-0.3, -0.25) is 23.2 Å². The summed E-state index contributed by atoms with van der Waals surface area (Å²) in [6.07, 6.45) is -0.253. The number of nitrogens with zero attached hydrogens (tertiary/aromatic N) is 7. The molecule has 1 fully saturated rings. The van der Waals surface area contributed by atoms with Crippen LogP contribution in [0.25, 0.3) is 16.9 Å². The van der Waals surface area contributed by atoms with E-state index in [1.54, 1.807) is 11.9 Å². The molecule has 11 nitrogen and oxygen atoms in total. The van der Waals surface area contributed by atoms with Crippen LogP contribution in [0.3, 0.4) is 0 Å². The minimum absolute atomic E-state index is 0.253. The van der Waals surface area contributed by atoms with Crippen molar-refractivity contribution in [2.75, 3.05) is 39.3 Å². The Kier molecular flexibility index (Phi) is 5.38. The maximum absolute atomic E-state index is 12.8. The molecule has 1 saturated heterocycles. The summed E-state index contributed by atoms with van der Waals surface area (Å²) in [4.78, 5) is 45.7. The number of imidazole rings is 2. The monoisotopic (exact) mass is 431 g/mol. The summed E-state index contributed by atoms with van der Waals surface area (Å²) in [5.41, 5.74) is 2.04. The molecule has 31 heavy (non-hydrogen) atoms. The van der Waals surface area contributed by atoms with Gasteiger partial charge in [0.2, 0.25) is 5.78 Å². The highest BCUT2D eigenvalue weighted by Gasteiger charge is 2.24. The molecule has 0 radical (unpaired) electrons. The number of carbonyl (C=O) groups is 1. The molecule has 0 aromatic carbocycles. The van der Waals surface area contributed by atoms with Crippen LogP contribution in [0.15, 0.2) is 9.59 Å². The van der Waals surface area contributed by atoms with Crippen LogP contribution in [0.2, 0.25) is 0 Å². The van der Waals surface area contributed by atoms with Crippen LogP contribution in [-0.2, 0) is 25.4 Å². The number of ether oxygens (including phenoxy) is 1.